The van der Waals surface area contributed by atoms with Gasteiger partial charge in [-0.1, -0.05) is 27.7 Å². The Bertz CT molecular complexity index is 628. The van der Waals surface area contributed by atoms with Crippen LogP contribution in [0.4, 0.5) is 0 Å². The first-order chi connectivity index (χ1) is 14.6. The summed E-state index contributed by atoms with van der Waals surface area (Å²) in [5.41, 5.74) is 6.29. The number of hydrogen-bond acceptors (Lipinski definition) is 4. The van der Waals surface area contributed by atoms with Crippen molar-refractivity contribution >= 4 is 0 Å². The smallest absolute Gasteiger partial charge is 0.0580 e. The van der Waals surface area contributed by atoms with Gasteiger partial charge < -0.3 is 21.1 Å². The van der Waals surface area contributed by atoms with Crippen molar-refractivity contribution in [2.45, 2.75) is 110 Å². The van der Waals surface area contributed by atoms with E-state index in [0.29, 0.717) is 35.6 Å². The van der Waals surface area contributed by atoms with E-state index < -0.39 is 0 Å². The summed E-state index contributed by atoms with van der Waals surface area (Å²) in [6, 6.07) is 0. The fraction of sp³-hybridized carbons (Fsp3) is 1.00. The highest BCUT2D eigenvalue weighted by atomic mass is 16.3. The molecule has 0 radical (unpaired) electrons. The Balaban J connectivity index is 1.50. The van der Waals surface area contributed by atoms with E-state index in [4.69, 9.17) is 5.73 Å². The molecule has 0 aromatic carbocycles. The standard InChI is InChI=1S/C27H49NO3/c1-16(15-28)5-8-23(30)17(2)25-24(31)14-22-20-7-6-18-13-19(29)9-11-26(18,3)21(20)10-12-27(22,25)4/h16-25,29-31H,5-15,28H2,1-4H3/t16?,17-,18?,19?,20-,21+,22+,23?,24?,25+,26+,27+/m1/s1. The third-order valence-electron chi connectivity index (χ3n) is 11.3. The number of aliphatic hydroxyl groups is 3. The Hall–Kier alpha value is -0.160. The lowest BCUT2D eigenvalue weighted by atomic mass is 9.44. The highest BCUT2D eigenvalue weighted by Gasteiger charge is 2.63. The molecule has 0 spiro atoms. The number of rotatable bonds is 6. The van der Waals surface area contributed by atoms with Gasteiger partial charge >= 0.3 is 0 Å². The molecule has 4 saturated carbocycles. The van der Waals surface area contributed by atoms with Crippen LogP contribution in [0, 0.1) is 52.3 Å². The zero-order chi connectivity index (χ0) is 22.6. The Morgan fingerprint density at radius 3 is 2.32 bits per heavy atom. The van der Waals surface area contributed by atoms with E-state index in [2.05, 4.69) is 27.7 Å². The van der Waals surface area contributed by atoms with Gasteiger partial charge in [0.2, 0.25) is 0 Å². The third kappa shape index (κ3) is 4.02. The van der Waals surface area contributed by atoms with Gasteiger partial charge in [-0.15, -0.1) is 0 Å². The molecule has 4 rings (SSSR count). The molecule has 5 N–H and O–H groups in total. The van der Waals surface area contributed by atoms with Gasteiger partial charge in [0.25, 0.3) is 0 Å². The molecule has 4 fully saturated rings. The largest absolute Gasteiger partial charge is 0.393 e. The zero-order valence-electron chi connectivity index (χ0n) is 20.5. The van der Waals surface area contributed by atoms with Crippen molar-refractivity contribution in [3.63, 3.8) is 0 Å². The molecule has 5 unspecified atom stereocenters. The van der Waals surface area contributed by atoms with Crippen molar-refractivity contribution < 1.29 is 15.3 Å². The molecule has 0 aromatic heterocycles. The maximum Gasteiger partial charge on any atom is 0.0580 e. The second-order valence-corrected chi connectivity index (χ2v) is 12.8. The predicted molar refractivity (Wildman–Crippen MR) is 125 cm³/mol. The van der Waals surface area contributed by atoms with Crippen molar-refractivity contribution in [1.82, 2.24) is 0 Å². The number of fused-ring (bicyclic) bond motifs is 5. The van der Waals surface area contributed by atoms with Gasteiger partial charge in [0, 0.05) is 0 Å². The third-order valence-corrected chi connectivity index (χ3v) is 11.3. The quantitative estimate of drug-likeness (QED) is 0.500. The van der Waals surface area contributed by atoms with Crippen LogP contribution < -0.4 is 5.73 Å². The minimum absolute atomic E-state index is 0.0921. The van der Waals surface area contributed by atoms with Gasteiger partial charge in [-0.25, -0.2) is 0 Å². The van der Waals surface area contributed by atoms with Crippen LogP contribution >= 0.6 is 0 Å². The van der Waals surface area contributed by atoms with Crippen molar-refractivity contribution in [3.05, 3.63) is 0 Å². The molecule has 0 heterocycles. The van der Waals surface area contributed by atoms with Crippen LogP contribution in [0.3, 0.4) is 0 Å². The van der Waals surface area contributed by atoms with Crippen molar-refractivity contribution in [2.75, 3.05) is 6.54 Å². The van der Waals surface area contributed by atoms with Crippen molar-refractivity contribution in [2.24, 2.45) is 58.0 Å². The Morgan fingerprint density at radius 2 is 1.61 bits per heavy atom. The minimum Gasteiger partial charge on any atom is -0.393 e. The molecular weight excluding hydrogens is 386 g/mol. The van der Waals surface area contributed by atoms with E-state index in [0.717, 1.165) is 38.0 Å². The predicted octanol–water partition coefficient (Wildman–Crippen LogP) is 4.35. The molecule has 0 saturated heterocycles. The average Bonchev–Trinajstić information content (AvgIpc) is 3.01. The van der Waals surface area contributed by atoms with Crippen LogP contribution in [0.2, 0.25) is 0 Å². The Labute approximate surface area is 190 Å². The van der Waals surface area contributed by atoms with E-state index in [-0.39, 0.29) is 35.6 Å². The lowest BCUT2D eigenvalue weighted by molar-refractivity contribution is -0.133. The summed E-state index contributed by atoms with van der Waals surface area (Å²) in [6.45, 7) is 9.98. The maximum atomic E-state index is 11.3. The highest BCUT2D eigenvalue weighted by Crippen LogP contribution is 2.68. The van der Waals surface area contributed by atoms with Crippen LogP contribution in [0.5, 0.6) is 0 Å². The maximum absolute atomic E-state index is 11.3. The van der Waals surface area contributed by atoms with Crippen LogP contribution in [-0.2, 0) is 0 Å². The molecule has 0 aromatic rings. The second-order valence-electron chi connectivity index (χ2n) is 12.8. The summed E-state index contributed by atoms with van der Waals surface area (Å²) < 4.78 is 0. The summed E-state index contributed by atoms with van der Waals surface area (Å²) >= 11 is 0. The average molecular weight is 436 g/mol. The Morgan fingerprint density at radius 1 is 0.903 bits per heavy atom. The topological polar surface area (TPSA) is 86.7 Å². The molecule has 4 aliphatic carbocycles. The minimum atomic E-state index is -0.352. The zero-order valence-corrected chi connectivity index (χ0v) is 20.5. The molecule has 12 atom stereocenters. The van der Waals surface area contributed by atoms with Gasteiger partial charge in [-0.2, -0.15) is 0 Å². The SMILES string of the molecule is CC(CN)CCC(O)[C@@H](C)[C@H]1C(O)C[C@H]2[C@@H]3CCC4CC(O)CC[C@]4(C)[C@H]3CC[C@]12C. The number of aliphatic hydroxyl groups excluding tert-OH is 3. The van der Waals surface area contributed by atoms with Gasteiger partial charge in [-0.05, 0) is 123 Å². The molecular formula is C27H49NO3. The van der Waals surface area contributed by atoms with Crippen LogP contribution in [0.25, 0.3) is 0 Å². The second kappa shape index (κ2) is 8.89. The molecule has 4 nitrogen and oxygen atoms in total. The van der Waals surface area contributed by atoms with Crippen LogP contribution in [0.15, 0.2) is 0 Å². The van der Waals surface area contributed by atoms with Crippen molar-refractivity contribution in [1.29, 1.82) is 0 Å². The monoisotopic (exact) mass is 435 g/mol. The summed E-state index contributed by atoms with van der Waals surface area (Å²) in [4.78, 5) is 0. The Kier molecular flexibility index (Phi) is 6.88. The first-order valence-electron chi connectivity index (χ1n) is 13.4. The molecule has 31 heavy (non-hydrogen) atoms. The summed E-state index contributed by atoms with van der Waals surface area (Å²) in [5.74, 6) is 3.47. The van der Waals surface area contributed by atoms with Gasteiger partial charge in [0.15, 0.2) is 0 Å². The van der Waals surface area contributed by atoms with E-state index in [9.17, 15) is 15.3 Å². The lowest BCUT2D eigenvalue weighted by Gasteiger charge is -2.61. The lowest BCUT2D eigenvalue weighted by Crippen LogP contribution is -2.54. The first kappa shape index (κ1) is 24.0. The molecule has 0 aliphatic heterocycles. The van der Waals surface area contributed by atoms with E-state index >= 15 is 0 Å². The molecule has 4 aliphatic rings. The highest BCUT2D eigenvalue weighted by molar-refractivity contribution is 5.12. The number of hydrogen-bond donors (Lipinski definition) is 4. The first-order valence-corrected chi connectivity index (χ1v) is 13.4. The fourth-order valence-electron chi connectivity index (χ4n) is 9.31. The summed E-state index contributed by atoms with van der Waals surface area (Å²) in [5, 5.41) is 32.6. The number of nitrogens with two attached hydrogens (primary N) is 1. The van der Waals surface area contributed by atoms with Gasteiger partial charge in [0.1, 0.15) is 0 Å². The summed E-state index contributed by atoms with van der Waals surface area (Å²) in [7, 11) is 0. The summed E-state index contributed by atoms with van der Waals surface area (Å²) in [6.07, 6.45) is 10.0. The van der Waals surface area contributed by atoms with E-state index in [1.165, 1.54) is 32.1 Å². The van der Waals surface area contributed by atoms with Crippen LogP contribution in [-0.4, -0.2) is 40.2 Å². The van der Waals surface area contributed by atoms with Gasteiger partial charge in [-0.3, -0.25) is 0 Å². The normalized spacial score (nSPS) is 50.1. The van der Waals surface area contributed by atoms with E-state index in [1.807, 2.05) is 0 Å². The molecule has 0 bridgehead atoms. The van der Waals surface area contributed by atoms with Gasteiger partial charge in [0.05, 0.1) is 18.3 Å². The fourth-order valence-corrected chi connectivity index (χ4v) is 9.31. The molecule has 180 valence electrons. The molecule has 0 amide bonds. The van der Waals surface area contributed by atoms with E-state index in [1.54, 1.807) is 0 Å². The molecule has 4 heteroatoms. The van der Waals surface area contributed by atoms with Crippen molar-refractivity contribution in [3.8, 4) is 0 Å². The van der Waals surface area contributed by atoms with Crippen LogP contribution in [0.1, 0.15) is 91.9 Å².